The number of carbonyl (C=O) groups is 1. The maximum atomic E-state index is 12.1. The SMILES string of the molecule is COc1ccc(/C=C/C(=O)NN(C)C(=S)NCc2ccccc2)c(OC)c1. The first-order valence-corrected chi connectivity index (χ1v) is 8.70. The lowest BCUT2D eigenvalue weighted by Gasteiger charge is -2.21. The Morgan fingerprint density at radius 1 is 1.15 bits per heavy atom. The highest BCUT2D eigenvalue weighted by Crippen LogP contribution is 2.25. The molecule has 0 aliphatic heterocycles. The first-order chi connectivity index (χ1) is 13.0. The van der Waals surface area contributed by atoms with Gasteiger partial charge in [-0.05, 0) is 36.0 Å². The molecule has 142 valence electrons. The maximum Gasteiger partial charge on any atom is 0.262 e. The molecule has 0 aliphatic carbocycles. The number of nitrogens with zero attached hydrogens (tertiary/aromatic N) is 1. The van der Waals surface area contributed by atoms with Crippen molar-refractivity contribution in [2.75, 3.05) is 21.3 Å². The monoisotopic (exact) mass is 385 g/mol. The summed E-state index contributed by atoms with van der Waals surface area (Å²) in [6.45, 7) is 0.582. The minimum absolute atomic E-state index is 0.306. The lowest BCUT2D eigenvalue weighted by atomic mass is 10.1. The van der Waals surface area contributed by atoms with E-state index in [4.69, 9.17) is 21.7 Å². The third kappa shape index (κ3) is 6.31. The fourth-order valence-corrected chi connectivity index (χ4v) is 2.38. The van der Waals surface area contributed by atoms with Gasteiger partial charge in [0.05, 0.1) is 14.2 Å². The first kappa shape index (κ1) is 20.3. The van der Waals surface area contributed by atoms with Crippen LogP contribution in [0.5, 0.6) is 11.5 Å². The first-order valence-electron chi connectivity index (χ1n) is 8.29. The number of hydrogen-bond donors (Lipinski definition) is 2. The molecule has 1 amide bonds. The minimum Gasteiger partial charge on any atom is -0.497 e. The van der Waals surface area contributed by atoms with Crippen LogP contribution in [0.4, 0.5) is 0 Å². The molecule has 0 aromatic heterocycles. The van der Waals surface area contributed by atoms with E-state index in [1.807, 2.05) is 36.4 Å². The van der Waals surface area contributed by atoms with Crippen LogP contribution in [-0.4, -0.2) is 37.3 Å². The number of nitrogens with one attached hydrogen (secondary N) is 2. The molecule has 0 aliphatic rings. The molecule has 0 bridgehead atoms. The number of methoxy groups -OCH3 is 2. The van der Waals surface area contributed by atoms with E-state index in [1.165, 1.54) is 11.1 Å². The van der Waals surface area contributed by atoms with E-state index in [-0.39, 0.29) is 5.91 Å². The molecule has 0 unspecified atom stereocenters. The number of ether oxygens (including phenoxy) is 2. The van der Waals surface area contributed by atoms with Gasteiger partial charge in [-0.15, -0.1) is 0 Å². The number of carbonyl (C=O) groups excluding carboxylic acids is 1. The molecule has 0 saturated heterocycles. The van der Waals surface area contributed by atoms with E-state index in [9.17, 15) is 4.79 Å². The normalized spacial score (nSPS) is 10.3. The Morgan fingerprint density at radius 3 is 2.56 bits per heavy atom. The molecule has 7 heteroatoms. The van der Waals surface area contributed by atoms with Gasteiger partial charge < -0.3 is 14.8 Å². The Kier molecular flexibility index (Phi) is 7.63. The van der Waals surface area contributed by atoms with Crippen molar-refractivity contribution in [2.24, 2.45) is 0 Å². The van der Waals surface area contributed by atoms with E-state index < -0.39 is 0 Å². The highest BCUT2D eigenvalue weighted by atomic mass is 32.1. The van der Waals surface area contributed by atoms with Gasteiger partial charge in [0.2, 0.25) is 0 Å². The van der Waals surface area contributed by atoms with Crippen LogP contribution in [0.1, 0.15) is 11.1 Å². The number of hydrazine groups is 1. The third-order valence-electron chi connectivity index (χ3n) is 3.72. The molecule has 0 atom stereocenters. The van der Waals surface area contributed by atoms with E-state index in [2.05, 4.69) is 10.7 Å². The predicted octanol–water partition coefficient (Wildman–Crippen LogP) is 2.75. The molecule has 0 spiro atoms. The van der Waals surface area contributed by atoms with Crippen molar-refractivity contribution < 1.29 is 14.3 Å². The molecule has 2 rings (SSSR count). The van der Waals surface area contributed by atoms with E-state index >= 15 is 0 Å². The average molecular weight is 385 g/mol. The summed E-state index contributed by atoms with van der Waals surface area (Å²) >= 11 is 5.28. The smallest absolute Gasteiger partial charge is 0.262 e. The summed E-state index contributed by atoms with van der Waals surface area (Å²) in [4.78, 5) is 12.1. The topological polar surface area (TPSA) is 62.8 Å². The summed E-state index contributed by atoms with van der Waals surface area (Å²) < 4.78 is 10.5. The van der Waals surface area contributed by atoms with Crippen LogP contribution in [0.25, 0.3) is 6.08 Å². The fraction of sp³-hybridized carbons (Fsp3) is 0.200. The largest absolute Gasteiger partial charge is 0.497 e. The maximum absolute atomic E-state index is 12.1. The van der Waals surface area contributed by atoms with Crippen LogP contribution in [0.15, 0.2) is 54.6 Å². The van der Waals surface area contributed by atoms with Crippen molar-refractivity contribution in [2.45, 2.75) is 6.54 Å². The molecule has 2 aromatic carbocycles. The Labute approximate surface area is 164 Å². The number of benzene rings is 2. The number of rotatable bonds is 6. The van der Waals surface area contributed by atoms with Gasteiger partial charge in [0.15, 0.2) is 5.11 Å². The Morgan fingerprint density at radius 2 is 1.89 bits per heavy atom. The third-order valence-corrected chi connectivity index (χ3v) is 4.14. The second-order valence-corrected chi connectivity index (χ2v) is 6.01. The summed E-state index contributed by atoms with van der Waals surface area (Å²) in [6.07, 6.45) is 3.09. The highest BCUT2D eigenvalue weighted by molar-refractivity contribution is 7.80. The second-order valence-electron chi connectivity index (χ2n) is 5.62. The summed E-state index contributed by atoms with van der Waals surface area (Å²) in [5.41, 5.74) is 4.55. The van der Waals surface area contributed by atoms with E-state index in [1.54, 1.807) is 39.5 Å². The predicted molar refractivity (Wildman–Crippen MR) is 110 cm³/mol. The number of thiocarbonyl (C=S) groups is 1. The van der Waals surface area contributed by atoms with Gasteiger partial charge in [0.1, 0.15) is 11.5 Å². The van der Waals surface area contributed by atoms with Crippen LogP contribution >= 0.6 is 12.2 Å². The van der Waals surface area contributed by atoms with Gasteiger partial charge in [-0.3, -0.25) is 15.2 Å². The average Bonchev–Trinajstić information content (AvgIpc) is 2.70. The molecule has 27 heavy (non-hydrogen) atoms. The molecular formula is C20H23N3O3S. The van der Waals surface area contributed by atoms with Gasteiger partial charge in [-0.2, -0.15) is 0 Å². The number of amides is 1. The molecule has 6 nitrogen and oxygen atoms in total. The van der Waals surface area contributed by atoms with Crippen molar-refractivity contribution in [3.63, 3.8) is 0 Å². The van der Waals surface area contributed by atoms with E-state index in [0.717, 1.165) is 11.1 Å². The van der Waals surface area contributed by atoms with Gasteiger partial charge >= 0.3 is 0 Å². The minimum atomic E-state index is -0.306. The molecule has 0 radical (unpaired) electrons. The lowest BCUT2D eigenvalue weighted by Crippen LogP contribution is -2.47. The van der Waals surface area contributed by atoms with E-state index in [0.29, 0.717) is 23.2 Å². The zero-order valence-electron chi connectivity index (χ0n) is 15.6. The summed E-state index contributed by atoms with van der Waals surface area (Å²) in [5, 5.41) is 4.98. The van der Waals surface area contributed by atoms with Crippen LogP contribution in [0.2, 0.25) is 0 Å². The van der Waals surface area contributed by atoms with Crippen LogP contribution < -0.4 is 20.2 Å². The Balaban J connectivity index is 1.88. The van der Waals surface area contributed by atoms with Crippen molar-refractivity contribution in [1.29, 1.82) is 0 Å². The van der Waals surface area contributed by atoms with Crippen molar-refractivity contribution in [3.05, 3.63) is 65.7 Å². The van der Waals surface area contributed by atoms with Gasteiger partial charge in [0, 0.05) is 31.3 Å². The fourth-order valence-electron chi connectivity index (χ4n) is 2.27. The van der Waals surface area contributed by atoms with Crippen molar-refractivity contribution >= 4 is 29.3 Å². The molecule has 2 N–H and O–H groups in total. The van der Waals surface area contributed by atoms with Gasteiger partial charge in [-0.25, -0.2) is 0 Å². The Hall–Kier alpha value is -3.06. The molecule has 0 saturated carbocycles. The molecule has 2 aromatic rings. The van der Waals surface area contributed by atoms with Crippen molar-refractivity contribution in [1.82, 2.24) is 15.8 Å². The zero-order valence-corrected chi connectivity index (χ0v) is 16.4. The van der Waals surface area contributed by atoms with Gasteiger partial charge in [0.25, 0.3) is 5.91 Å². The van der Waals surface area contributed by atoms with Gasteiger partial charge in [-0.1, -0.05) is 30.3 Å². The van der Waals surface area contributed by atoms with Crippen LogP contribution in [0.3, 0.4) is 0 Å². The quantitative estimate of drug-likeness (QED) is 0.453. The van der Waals surface area contributed by atoms with Crippen molar-refractivity contribution in [3.8, 4) is 11.5 Å². The summed E-state index contributed by atoms with van der Waals surface area (Å²) in [7, 11) is 4.83. The summed E-state index contributed by atoms with van der Waals surface area (Å²) in [5.74, 6) is 0.994. The second kappa shape index (κ2) is 10.2. The van der Waals surface area contributed by atoms with Crippen LogP contribution in [0, 0.1) is 0 Å². The standard InChI is InChI=1S/C20H23N3O3S/c1-23(20(27)21-14-15-7-5-4-6-8-15)22-19(24)12-10-16-9-11-17(25-2)13-18(16)26-3/h4-13H,14H2,1-3H3,(H,21,27)(H,22,24)/b12-10+. The highest BCUT2D eigenvalue weighted by Gasteiger charge is 2.07. The molecular weight excluding hydrogens is 362 g/mol. The lowest BCUT2D eigenvalue weighted by molar-refractivity contribution is -0.119. The Bertz CT molecular complexity index is 809. The zero-order chi connectivity index (χ0) is 19.6. The molecule has 0 heterocycles. The number of hydrogen-bond acceptors (Lipinski definition) is 4. The van der Waals surface area contributed by atoms with Crippen LogP contribution in [-0.2, 0) is 11.3 Å². The molecule has 0 fully saturated rings. The summed E-state index contributed by atoms with van der Waals surface area (Å²) in [6, 6.07) is 15.3.